The maximum atomic E-state index is 13.1. The van der Waals surface area contributed by atoms with Crippen LogP contribution in [0.3, 0.4) is 0 Å². The van der Waals surface area contributed by atoms with Crippen molar-refractivity contribution < 1.29 is 34.2 Å². The first-order chi connectivity index (χ1) is 19.5. The summed E-state index contributed by atoms with van der Waals surface area (Å²) >= 11 is 5.37. The molecule has 4 aliphatic heterocycles. The number of aliphatic imine (C=N–C) groups is 1. The molecule has 41 heavy (non-hydrogen) atoms. The van der Waals surface area contributed by atoms with Gasteiger partial charge in [0.05, 0.1) is 5.70 Å². The highest BCUT2D eigenvalue weighted by Gasteiger charge is 2.54. The molecular formula is C23H23N7O7S4. The number of nitrogens with two attached hydrogens (primary N) is 1. The normalized spacial score (nSPS) is 24.2. The van der Waals surface area contributed by atoms with E-state index in [9.17, 15) is 24.3 Å². The second-order valence-corrected chi connectivity index (χ2v) is 13.2. The van der Waals surface area contributed by atoms with E-state index in [-0.39, 0.29) is 27.6 Å². The van der Waals surface area contributed by atoms with E-state index in [2.05, 4.69) is 20.4 Å². The molecule has 1 saturated heterocycles. The third-order valence-electron chi connectivity index (χ3n) is 6.18. The van der Waals surface area contributed by atoms with Crippen LogP contribution < -0.4 is 11.1 Å². The minimum Gasteiger partial charge on any atom is -0.478 e. The van der Waals surface area contributed by atoms with Crippen molar-refractivity contribution in [1.29, 1.82) is 0 Å². The Labute approximate surface area is 249 Å². The third-order valence-corrected chi connectivity index (χ3v) is 10.8. The van der Waals surface area contributed by atoms with Crippen LogP contribution in [0.2, 0.25) is 0 Å². The molecule has 4 aliphatic rings. The van der Waals surface area contributed by atoms with Crippen LogP contribution in [0.1, 0.15) is 12.6 Å². The quantitative estimate of drug-likeness (QED) is 0.171. The van der Waals surface area contributed by atoms with E-state index in [1.54, 1.807) is 11.8 Å². The Morgan fingerprint density at radius 3 is 2.80 bits per heavy atom. The number of oxime groups is 1. The molecule has 0 saturated carbocycles. The molecule has 4 atom stereocenters. The summed E-state index contributed by atoms with van der Waals surface area (Å²) in [6.45, 7) is 1.23. The lowest BCUT2D eigenvalue weighted by Gasteiger charge is -2.49. The lowest BCUT2D eigenvalue weighted by molar-refractivity contribution is -0.150. The molecule has 18 heteroatoms. The number of likely N-dealkylation sites (N-methyl/N-ethyl adjacent to an activating group) is 1. The number of carboxylic acid groups (broad SMARTS) is 2. The summed E-state index contributed by atoms with van der Waals surface area (Å²) in [5, 5.41) is 26.3. The van der Waals surface area contributed by atoms with Gasteiger partial charge in [0.2, 0.25) is 6.10 Å². The largest absolute Gasteiger partial charge is 0.478 e. The maximum absolute atomic E-state index is 13.1. The molecular weight excluding hydrogens is 615 g/mol. The summed E-state index contributed by atoms with van der Waals surface area (Å²) in [4.78, 5) is 66.4. The Morgan fingerprint density at radius 1 is 1.37 bits per heavy atom. The molecule has 2 unspecified atom stereocenters. The second-order valence-electron chi connectivity index (χ2n) is 8.95. The summed E-state index contributed by atoms with van der Waals surface area (Å²) in [6.07, 6.45) is 4.47. The Kier molecular flexibility index (Phi) is 8.35. The van der Waals surface area contributed by atoms with Crippen molar-refractivity contribution in [2.45, 2.75) is 29.8 Å². The van der Waals surface area contributed by atoms with Gasteiger partial charge in [0.15, 0.2) is 10.8 Å². The topological polar surface area (TPSA) is 200 Å². The molecule has 5 heterocycles. The molecule has 5 N–H and O–H groups in total. The molecule has 0 spiro atoms. The number of carbonyl (C=O) groups is 4. The van der Waals surface area contributed by atoms with Crippen molar-refractivity contribution in [3.05, 3.63) is 46.4 Å². The number of thiazole rings is 1. The summed E-state index contributed by atoms with van der Waals surface area (Å²) < 4.78 is 0.815. The van der Waals surface area contributed by atoms with Gasteiger partial charge >= 0.3 is 11.9 Å². The minimum absolute atomic E-state index is 0.0400. The lowest BCUT2D eigenvalue weighted by atomic mass is 10.0. The molecule has 5 rings (SSSR count). The third kappa shape index (κ3) is 5.81. The van der Waals surface area contributed by atoms with E-state index in [4.69, 9.17) is 15.7 Å². The first kappa shape index (κ1) is 29.0. The summed E-state index contributed by atoms with van der Waals surface area (Å²) in [5.74, 6) is -3.29. The Morgan fingerprint density at radius 2 is 2.15 bits per heavy atom. The van der Waals surface area contributed by atoms with Gasteiger partial charge in [0, 0.05) is 30.1 Å². The predicted octanol–water partition coefficient (Wildman–Crippen LogP) is 1.16. The van der Waals surface area contributed by atoms with Crippen molar-refractivity contribution >= 4 is 85.6 Å². The first-order valence-electron chi connectivity index (χ1n) is 11.9. The number of hydrogen-bond acceptors (Lipinski definition) is 14. The summed E-state index contributed by atoms with van der Waals surface area (Å²) in [7, 11) is 1.96. The van der Waals surface area contributed by atoms with E-state index < -0.39 is 41.3 Å². The second kappa shape index (κ2) is 11.8. The average Bonchev–Trinajstić information content (AvgIpc) is 3.56. The van der Waals surface area contributed by atoms with Crippen LogP contribution in [-0.4, -0.2) is 100 Å². The zero-order valence-electron chi connectivity index (χ0n) is 21.4. The smallest absolute Gasteiger partial charge is 0.352 e. The fraction of sp³-hybridized carbons (Fsp3) is 0.348. The number of nitrogens with zero attached hydrogens (tertiary/aromatic N) is 5. The summed E-state index contributed by atoms with van der Waals surface area (Å²) in [5.41, 5.74) is 6.75. The van der Waals surface area contributed by atoms with E-state index in [0.717, 1.165) is 21.4 Å². The molecule has 2 amide bonds. The van der Waals surface area contributed by atoms with Gasteiger partial charge in [-0.1, -0.05) is 28.7 Å². The van der Waals surface area contributed by atoms with E-state index in [0.29, 0.717) is 17.1 Å². The predicted molar refractivity (Wildman–Crippen MR) is 157 cm³/mol. The fourth-order valence-electron chi connectivity index (χ4n) is 4.11. The van der Waals surface area contributed by atoms with Crippen LogP contribution in [-0.2, 0) is 24.0 Å². The average molecular weight is 638 g/mol. The van der Waals surface area contributed by atoms with Crippen LogP contribution >= 0.6 is 46.6 Å². The molecule has 1 aromatic heterocycles. The van der Waals surface area contributed by atoms with Crippen LogP contribution in [0, 0.1) is 0 Å². The lowest BCUT2D eigenvalue weighted by Crippen LogP contribution is -2.71. The van der Waals surface area contributed by atoms with E-state index >= 15 is 0 Å². The van der Waals surface area contributed by atoms with Gasteiger partial charge in [-0.3, -0.25) is 14.5 Å². The number of hydrogen-bond donors (Lipinski definition) is 4. The minimum atomic E-state index is -1.35. The zero-order valence-corrected chi connectivity index (χ0v) is 24.7. The molecule has 14 nitrogen and oxygen atoms in total. The molecule has 0 aromatic carbocycles. The van der Waals surface area contributed by atoms with Crippen molar-refractivity contribution in [2.75, 3.05) is 24.3 Å². The number of nitrogens with one attached hydrogen (secondary N) is 1. The van der Waals surface area contributed by atoms with Crippen LogP contribution in [0.4, 0.5) is 5.13 Å². The van der Waals surface area contributed by atoms with Crippen LogP contribution in [0.15, 0.2) is 50.8 Å². The van der Waals surface area contributed by atoms with Crippen LogP contribution in [0.25, 0.3) is 0 Å². The molecule has 1 aromatic rings. The molecule has 216 valence electrons. The maximum Gasteiger partial charge on any atom is 0.352 e. The van der Waals surface area contributed by atoms with Crippen molar-refractivity contribution in [2.24, 2.45) is 10.1 Å². The van der Waals surface area contributed by atoms with Crippen molar-refractivity contribution in [3.8, 4) is 0 Å². The van der Waals surface area contributed by atoms with Gasteiger partial charge in [-0.15, -0.1) is 23.1 Å². The standard InChI is InChI=1S/C23H23N7O7S4/c1-9(20(33)34)37-28-13(12-8-39-22(24)25-12)16(31)27-14-17(32)30-15(21(35)36)10(6-38-19(14)30)7-40-23-26-11-4-3-5-29(2)18(11)41-23/h3-5,8-9,14,18-19H,6-7H2,1-2H3,(H2,24,25)(H,27,31)(H,33,34)(H,35,36)/b28-13-/t9-,14?,18?,19+/m0/s1. The van der Waals surface area contributed by atoms with E-state index in [1.807, 2.05) is 30.3 Å². The Balaban J connectivity index is 1.28. The Hall–Kier alpha value is -3.48. The van der Waals surface area contributed by atoms with Crippen molar-refractivity contribution in [3.63, 3.8) is 0 Å². The summed E-state index contributed by atoms with van der Waals surface area (Å²) in [6, 6.07) is -1.04. The zero-order chi connectivity index (χ0) is 29.4. The van der Waals surface area contributed by atoms with Gasteiger partial charge in [-0.25, -0.2) is 19.6 Å². The molecule has 0 aliphatic carbocycles. The van der Waals surface area contributed by atoms with Gasteiger partial charge in [-0.05, 0) is 24.6 Å². The number of allylic oxidation sites excluding steroid dienone is 2. The van der Waals surface area contributed by atoms with Gasteiger partial charge in [0.1, 0.15) is 32.6 Å². The number of nitrogen functional groups attached to an aromatic ring is 1. The van der Waals surface area contributed by atoms with E-state index in [1.165, 1.54) is 40.7 Å². The van der Waals surface area contributed by atoms with Gasteiger partial charge in [0.25, 0.3) is 11.8 Å². The number of fused-ring (bicyclic) bond motifs is 2. The van der Waals surface area contributed by atoms with Crippen LogP contribution in [0.5, 0.6) is 0 Å². The number of aromatic nitrogens is 1. The molecule has 0 bridgehead atoms. The SMILES string of the molecule is C[C@H](O/N=C(\C(=O)NC1C(=O)N2C(C(=O)O)=C(CSC3=NC4=CC=CN(C)C4S3)CS[C@H]12)c1csc(N)n1)C(=O)O. The first-order valence-corrected chi connectivity index (χ1v) is 15.7. The van der Waals surface area contributed by atoms with Gasteiger partial charge < -0.3 is 31.0 Å². The number of thioether (sulfide) groups is 3. The number of β-lactam (4-membered cyclic amide) rings is 1. The number of amides is 2. The fourth-order valence-corrected chi connectivity index (χ4v) is 8.40. The number of carbonyl (C=O) groups excluding carboxylic acids is 2. The number of anilines is 1. The number of carboxylic acids is 2. The molecule has 0 radical (unpaired) electrons. The molecule has 1 fully saturated rings. The highest BCUT2D eigenvalue weighted by molar-refractivity contribution is 8.39. The number of rotatable bonds is 9. The number of aliphatic carboxylic acids is 2. The van der Waals surface area contributed by atoms with Crippen molar-refractivity contribution in [1.82, 2.24) is 20.1 Å². The highest BCUT2D eigenvalue weighted by Crippen LogP contribution is 2.43. The Bertz CT molecular complexity index is 1470. The highest BCUT2D eigenvalue weighted by atomic mass is 32.2. The monoisotopic (exact) mass is 637 g/mol. The van der Waals surface area contributed by atoms with Gasteiger partial charge in [-0.2, -0.15) is 0 Å².